The van der Waals surface area contributed by atoms with Gasteiger partial charge in [-0.2, -0.15) is 0 Å². The van der Waals surface area contributed by atoms with Gasteiger partial charge in [-0.15, -0.1) is 10.2 Å². The normalized spacial score (nSPS) is 10.7. The highest BCUT2D eigenvalue weighted by atomic mass is 32.2. The summed E-state index contributed by atoms with van der Waals surface area (Å²) >= 11 is 1.51. The van der Waals surface area contributed by atoms with Crippen molar-refractivity contribution in [3.05, 3.63) is 84.4 Å². The number of para-hydroxylation sites is 2. The van der Waals surface area contributed by atoms with Crippen LogP contribution in [-0.2, 0) is 5.75 Å². The molecule has 7 heteroatoms. The molecule has 0 aliphatic rings. The van der Waals surface area contributed by atoms with Crippen molar-refractivity contribution < 1.29 is 9.47 Å². The standard InChI is InChI=1S/C22H20N4O2S/c1-27-18-13-11-16(12-14-18)21-24-25-22(26(21)23)29-15-17-7-5-6-10-20(17)28-19-8-3-2-4-9-19/h2-14H,15,23H2,1H3. The minimum atomic E-state index is 0.601. The largest absolute Gasteiger partial charge is 0.497 e. The van der Waals surface area contributed by atoms with E-state index in [0.29, 0.717) is 16.7 Å². The monoisotopic (exact) mass is 404 g/mol. The Morgan fingerprint density at radius 1 is 0.862 bits per heavy atom. The maximum Gasteiger partial charge on any atom is 0.210 e. The van der Waals surface area contributed by atoms with E-state index in [0.717, 1.165) is 28.4 Å². The molecule has 0 unspecified atom stereocenters. The van der Waals surface area contributed by atoms with Crippen molar-refractivity contribution in [3.8, 4) is 28.6 Å². The first-order valence-electron chi connectivity index (χ1n) is 9.03. The molecule has 0 fully saturated rings. The summed E-state index contributed by atoms with van der Waals surface area (Å²) in [7, 11) is 1.63. The van der Waals surface area contributed by atoms with Gasteiger partial charge in [0, 0.05) is 16.9 Å². The Morgan fingerprint density at radius 2 is 1.59 bits per heavy atom. The number of nitrogens with two attached hydrogens (primary N) is 1. The molecule has 1 heterocycles. The van der Waals surface area contributed by atoms with Gasteiger partial charge in [0.15, 0.2) is 5.82 Å². The topological polar surface area (TPSA) is 75.2 Å². The van der Waals surface area contributed by atoms with Crippen LogP contribution in [0.25, 0.3) is 11.4 Å². The lowest BCUT2D eigenvalue weighted by Gasteiger charge is -2.11. The Balaban J connectivity index is 1.49. The van der Waals surface area contributed by atoms with E-state index in [-0.39, 0.29) is 0 Å². The molecule has 146 valence electrons. The number of nitrogens with zero attached hydrogens (tertiary/aromatic N) is 3. The highest BCUT2D eigenvalue weighted by Gasteiger charge is 2.14. The minimum Gasteiger partial charge on any atom is -0.497 e. The molecule has 0 radical (unpaired) electrons. The van der Waals surface area contributed by atoms with Gasteiger partial charge >= 0.3 is 0 Å². The van der Waals surface area contributed by atoms with Crippen LogP contribution >= 0.6 is 11.8 Å². The molecule has 3 aromatic carbocycles. The van der Waals surface area contributed by atoms with Crippen LogP contribution in [0.5, 0.6) is 17.2 Å². The molecule has 0 atom stereocenters. The molecule has 4 rings (SSSR count). The Labute approximate surface area is 173 Å². The zero-order valence-corrected chi connectivity index (χ0v) is 16.7. The number of nitrogen functional groups attached to an aromatic ring is 1. The fourth-order valence-corrected chi connectivity index (χ4v) is 3.64. The first-order valence-corrected chi connectivity index (χ1v) is 10.0. The molecule has 0 aliphatic heterocycles. The van der Waals surface area contributed by atoms with Crippen LogP contribution < -0.4 is 15.3 Å². The van der Waals surface area contributed by atoms with Gasteiger partial charge in [-0.1, -0.05) is 48.2 Å². The Bertz CT molecular complexity index is 1080. The van der Waals surface area contributed by atoms with E-state index < -0.39 is 0 Å². The van der Waals surface area contributed by atoms with Gasteiger partial charge in [-0.25, -0.2) is 4.68 Å². The molecule has 0 amide bonds. The molecule has 2 N–H and O–H groups in total. The van der Waals surface area contributed by atoms with Crippen LogP contribution in [0.2, 0.25) is 0 Å². The smallest absolute Gasteiger partial charge is 0.210 e. The molecule has 0 aliphatic carbocycles. The maximum atomic E-state index is 6.24. The average molecular weight is 404 g/mol. The lowest BCUT2D eigenvalue weighted by atomic mass is 10.2. The highest BCUT2D eigenvalue weighted by Crippen LogP contribution is 2.31. The molecular weight excluding hydrogens is 384 g/mol. The summed E-state index contributed by atoms with van der Waals surface area (Å²) < 4.78 is 12.7. The van der Waals surface area contributed by atoms with E-state index in [1.165, 1.54) is 16.4 Å². The molecule has 4 aromatic rings. The van der Waals surface area contributed by atoms with E-state index in [1.54, 1.807) is 7.11 Å². The molecule has 0 saturated heterocycles. The zero-order valence-electron chi connectivity index (χ0n) is 15.9. The summed E-state index contributed by atoms with van der Waals surface area (Å²) in [5.41, 5.74) is 1.93. The van der Waals surface area contributed by atoms with Crippen molar-refractivity contribution in [2.24, 2.45) is 0 Å². The molecule has 0 saturated carbocycles. The SMILES string of the molecule is COc1ccc(-c2nnc(SCc3ccccc3Oc3ccccc3)n2N)cc1. The van der Waals surface area contributed by atoms with Crippen LogP contribution in [-0.4, -0.2) is 22.0 Å². The number of aromatic nitrogens is 3. The number of thioether (sulfide) groups is 1. The van der Waals surface area contributed by atoms with Crippen LogP contribution in [0.15, 0.2) is 84.0 Å². The first kappa shape index (κ1) is 18.9. The van der Waals surface area contributed by atoms with Gasteiger partial charge in [0.05, 0.1) is 7.11 Å². The second-order valence-electron chi connectivity index (χ2n) is 6.22. The fraction of sp³-hybridized carbons (Fsp3) is 0.0909. The van der Waals surface area contributed by atoms with Crippen molar-refractivity contribution in [2.45, 2.75) is 10.9 Å². The second-order valence-corrected chi connectivity index (χ2v) is 7.16. The fourth-order valence-electron chi connectivity index (χ4n) is 2.79. The molecule has 1 aromatic heterocycles. The van der Waals surface area contributed by atoms with Crippen LogP contribution in [0.4, 0.5) is 0 Å². The van der Waals surface area contributed by atoms with E-state index in [4.69, 9.17) is 15.3 Å². The Hall–Kier alpha value is -3.45. The summed E-state index contributed by atoms with van der Waals surface area (Å²) in [6.45, 7) is 0. The zero-order chi connectivity index (χ0) is 20.1. The van der Waals surface area contributed by atoms with E-state index in [2.05, 4.69) is 10.2 Å². The van der Waals surface area contributed by atoms with Crippen molar-refractivity contribution in [1.82, 2.24) is 14.9 Å². The lowest BCUT2D eigenvalue weighted by molar-refractivity contribution is 0.415. The number of hydrogen-bond donors (Lipinski definition) is 1. The lowest BCUT2D eigenvalue weighted by Crippen LogP contribution is -2.11. The number of ether oxygens (including phenoxy) is 2. The quantitative estimate of drug-likeness (QED) is 0.354. The average Bonchev–Trinajstić information content (AvgIpc) is 3.14. The van der Waals surface area contributed by atoms with Gasteiger partial charge in [0.25, 0.3) is 0 Å². The van der Waals surface area contributed by atoms with Crippen LogP contribution in [0.3, 0.4) is 0 Å². The number of rotatable bonds is 7. The van der Waals surface area contributed by atoms with Crippen molar-refractivity contribution in [2.75, 3.05) is 13.0 Å². The number of hydrogen-bond acceptors (Lipinski definition) is 6. The summed E-state index contributed by atoms with van der Waals surface area (Å²) in [6.07, 6.45) is 0. The highest BCUT2D eigenvalue weighted by molar-refractivity contribution is 7.98. The van der Waals surface area contributed by atoms with E-state index in [9.17, 15) is 0 Å². The number of methoxy groups -OCH3 is 1. The predicted molar refractivity (Wildman–Crippen MR) is 115 cm³/mol. The van der Waals surface area contributed by atoms with Crippen LogP contribution in [0, 0.1) is 0 Å². The predicted octanol–water partition coefficient (Wildman–Crippen LogP) is 4.75. The second kappa shape index (κ2) is 8.70. The van der Waals surface area contributed by atoms with Gasteiger partial charge in [0.2, 0.25) is 5.16 Å². The molecule has 0 bridgehead atoms. The third-order valence-corrected chi connectivity index (χ3v) is 5.31. The summed E-state index contributed by atoms with van der Waals surface area (Å²) in [4.78, 5) is 0. The summed E-state index contributed by atoms with van der Waals surface area (Å²) in [5, 5.41) is 9.11. The first-order chi connectivity index (χ1) is 14.2. The van der Waals surface area contributed by atoms with Crippen molar-refractivity contribution in [3.63, 3.8) is 0 Å². The van der Waals surface area contributed by atoms with Crippen LogP contribution in [0.1, 0.15) is 5.56 Å². The third-order valence-electron chi connectivity index (χ3n) is 4.31. The molecule has 0 spiro atoms. The third kappa shape index (κ3) is 4.35. The van der Waals surface area contributed by atoms with Crippen molar-refractivity contribution in [1.29, 1.82) is 0 Å². The molecule has 29 heavy (non-hydrogen) atoms. The Kier molecular flexibility index (Phi) is 5.67. The minimum absolute atomic E-state index is 0.601. The maximum absolute atomic E-state index is 6.24. The van der Waals surface area contributed by atoms with E-state index in [1.807, 2.05) is 78.9 Å². The summed E-state index contributed by atoms with van der Waals surface area (Å²) in [5.74, 6) is 9.88. The van der Waals surface area contributed by atoms with Gasteiger partial charge in [0.1, 0.15) is 17.2 Å². The van der Waals surface area contributed by atoms with Gasteiger partial charge in [-0.3, -0.25) is 0 Å². The molecule has 6 nitrogen and oxygen atoms in total. The van der Waals surface area contributed by atoms with Crippen molar-refractivity contribution >= 4 is 11.8 Å². The van der Waals surface area contributed by atoms with Gasteiger partial charge < -0.3 is 15.3 Å². The van der Waals surface area contributed by atoms with Gasteiger partial charge in [-0.05, 0) is 42.5 Å². The van der Waals surface area contributed by atoms with E-state index >= 15 is 0 Å². The summed E-state index contributed by atoms with van der Waals surface area (Å²) in [6, 6.07) is 25.2. The number of benzene rings is 3. The Morgan fingerprint density at radius 3 is 2.34 bits per heavy atom. The molecular formula is C22H20N4O2S.